The first kappa shape index (κ1) is 17.9. The quantitative estimate of drug-likeness (QED) is 0.907. The number of hydrogen-bond acceptors (Lipinski definition) is 4. The molecule has 7 heteroatoms. The van der Waals surface area contributed by atoms with Crippen LogP contribution in [-0.2, 0) is 4.74 Å². The number of rotatable bonds is 3. The molecule has 0 bridgehead atoms. The maximum Gasteiger partial charge on any atom is 0.410 e. The van der Waals surface area contributed by atoms with E-state index in [9.17, 15) is 13.6 Å². The molecule has 2 aliphatic rings. The van der Waals surface area contributed by atoms with Crippen molar-refractivity contribution < 1.29 is 23.0 Å². The van der Waals surface area contributed by atoms with E-state index in [-0.39, 0.29) is 29.8 Å². The molecule has 0 aromatic heterocycles. The number of halogens is 2. The molecular formula is C18H24F2N2O3. The summed E-state index contributed by atoms with van der Waals surface area (Å²) in [7, 11) is 0. The number of carbonyl (C=O) groups excluding carboxylic acids is 1. The predicted octanol–water partition coefficient (Wildman–Crippen LogP) is 2.94. The Labute approximate surface area is 146 Å². The third kappa shape index (κ3) is 4.03. The van der Waals surface area contributed by atoms with Gasteiger partial charge >= 0.3 is 6.09 Å². The third-order valence-electron chi connectivity index (χ3n) is 4.56. The van der Waals surface area contributed by atoms with Crippen molar-refractivity contribution in [1.29, 1.82) is 0 Å². The molecule has 3 rings (SSSR count). The highest BCUT2D eigenvalue weighted by Gasteiger charge is 2.47. The first-order valence-electron chi connectivity index (χ1n) is 8.55. The van der Waals surface area contributed by atoms with Crippen LogP contribution in [0.3, 0.4) is 0 Å². The summed E-state index contributed by atoms with van der Waals surface area (Å²) < 4.78 is 37.4. The van der Waals surface area contributed by atoms with Crippen molar-refractivity contribution in [2.75, 3.05) is 19.7 Å². The minimum atomic E-state index is -0.934. The van der Waals surface area contributed by atoms with Gasteiger partial charge in [-0.25, -0.2) is 13.6 Å². The van der Waals surface area contributed by atoms with Gasteiger partial charge in [-0.3, -0.25) is 0 Å². The van der Waals surface area contributed by atoms with Crippen molar-refractivity contribution in [1.82, 2.24) is 10.2 Å². The van der Waals surface area contributed by atoms with Crippen molar-refractivity contribution in [2.45, 2.75) is 44.9 Å². The van der Waals surface area contributed by atoms with E-state index in [4.69, 9.17) is 9.47 Å². The molecular weight excluding hydrogens is 330 g/mol. The van der Waals surface area contributed by atoms with E-state index in [1.807, 2.05) is 20.8 Å². The molecule has 25 heavy (non-hydrogen) atoms. The van der Waals surface area contributed by atoms with Gasteiger partial charge in [-0.1, -0.05) is 0 Å². The SMILES string of the molecule is CC(C)(C)OC(=O)N1CC[C@H]2NC[C@H](COc3ccc(F)c(F)c3)[C@H]21. The molecule has 2 aliphatic heterocycles. The number of nitrogens with zero attached hydrogens (tertiary/aromatic N) is 1. The number of nitrogens with one attached hydrogen (secondary N) is 1. The van der Waals surface area contributed by atoms with Crippen LogP contribution in [0.4, 0.5) is 13.6 Å². The lowest BCUT2D eigenvalue weighted by Gasteiger charge is -2.31. The second-order valence-electron chi connectivity index (χ2n) is 7.61. The number of hydrogen-bond donors (Lipinski definition) is 1. The Hall–Kier alpha value is -1.89. The lowest BCUT2D eigenvalue weighted by atomic mass is 10.0. The van der Waals surface area contributed by atoms with E-state index in [1.54, 1.807) is 4.90 Å². The number of fused-ring (bicyclic) bond motifs is 1. The molecule has 0 radical (unpaired) electrons. The zero-order valence-electron chi connectivity index (χ0n) is 14.7. The number of likely N-dealkylation sites (tertiary alicyclic amines) is 1. The molecule has 1 aromatic rings. The highest BCUT2D eigenvalue weighted by atomic mass is 19.2. The monoisotopic (exact) mass is 354 g/mol. The van der Waals surface area contributed by atoms with E-state index >= 15 is 0 Å². The second-order valence-corrected chi connectivity index (χ2v) is 7.61. The summed E-state index contributed by atoms with van der Waals surface area (Å²) in [5, 5.41) is 3.41. The molecule has 0 spiro atoms. The van der Waals surface area contributed by atoms with E-state index in [0.29, 0.717) is 19.7 Å². The Kier molecular flexibility index (Phi) is 4.86. The zero-order valence-corrected chi connectivity index (χ0v) is 14.7. The van der Waals surface area contributed by atoms with Gasteiger partial charge in [-0.15, -0.1) is 0 Å². The summed E-state index contributed by atoms with van der Waals surface area (Å²) in [6.45, 7) is 7.19. The largest absolute Gasteiger partial charge is 0.493 e. The average molecular weight is 354 g/mol. The fourth-order valence-electron chi connectivity index (χ4n) is 3.51. The van der Waals surface area contributed by atoms with Gasteiger partial charge in [0.1, 0.15) is 11.4 Å². The minimum absolute atomic E-state index is 0.0138. The summed E-state index contributed by atoms with van der Waals surface area (Å²) >= 11 is 0. The van der Waals surface area contributed by atoms with E-state index in [2.05, 4.69) is 5.32 Å². The van der Waals surface area contributed by atoms with E-state index < -0.39 is 17.2 Å². The third-order valence-corrected chi connectivity index (χ3v) is 4.56. The van der Waals surface area contributed by atoms with Crippen LogP contribution in [-0.4, -0.2) is 48.4 Å². The van der Waals surface area contributed by atoms with Gasteiger partial charge in [0, 0.05) is 31.1 Å². The molecule has 1 amide bonds. The Morgan fingerprint density at radius 3 is 2.76 bits per heavy atom. The van der Waals surface area contributed by atoms with Crippen LogP contribution in [0.5, 0.6) is 5.75 Å². The Morgan fingerprint density at radius 2 is 2.08 bits per heavy atom. The minimum Gasteiger partial charge on any atom is -0.493 e. The van der Waals surface area contributed by atoms with Gasteiger partial charge in [0.25, 0.3) is 0 Å². The van der Waals surface area contributed by atoms with E-state index in [0.717, 1.165) is 18.6 Å². The topological polar surface area (TPSA) is 50.8 Å². The summed E-state index contributed by atoms with van der Waals surface area (Å²) in [6, 6.07) is 3.68. The first-order valence-corrected chi connectivity index (χ1v) is 8.55. The molecule has 0 saturated carbocycles. The van der Waals surface area contributed by atoms with Gasteiger partial charge in [0.2, 0.25) is 0 Å². The predicted molar refractivity (Wildman–Crippen MR) is 88.5 cm³/mol. The molecule has 2 saturated heterocycles. The lowest BCUT2D eigenvalue weighted by Crippen LogP contribution is -2.45. The maximum atomic E-state index is 13.3. The van der Waals surface area contributed by atoms with Crippen molar-refractivity contribution in [3.63, 3.8) is 0 Å². The van der Waals surface area contributed by atoms with Crippen LogP contribution < -0.4 is 10.1 Å². The van der Waals surface area contributed by atoms with Gasteiger partial charge in [-0.05, 0) is 39.3 Å². The summed E-state index contributed by atoms with van der Waals surface area (Å²) in [6.07, 6.45) is 0.549. The fraction of sp³-hybridized carbons (Fsp3) is 0.611. The van der Waals surface area contributed by atoms with Crippen molar-refractivity contribution in [3.8, 4) is 5.75 Å². The van der Waals surface area contributed by atoms with Gasteiger partial charge in [0.15, 0.2) is 11.6 Å². The number of amides is 1. The molecule has 0 unspecified atom stereocenters. The van der Waals surface area contributed by atoms with Crippen LogP contribution in [0, 0.1) is 17.6 Å². The van der Waals surface area contributed by atoms with Crippen LogP contribution in [0.15, 0.2) is 18.2 Å². The van der Waals surface area contributed by atoms with Gasteiger partial charge < -0.3 is 19.7 Å². The van der Waals surface area contributed by atoms with Gasteiger partial charge in [-0.2, -0.15) is 0 Å². The zero-order chi connectivity index (χ0) is 18.2. The van der Waals surface area contributed by atoms with Gasteiger partial charge in [0.05, 0.1) is 12.6 Å². The average Bonchev–Trinajstić information content (AvgIpc) is 3.08. The van der Waals surface area contributed by atoms with Crippen LogP contribution in [0.25, 0.3) is 0 Å². The summed E-state index contributed by atoms with van der Waals surface area (Å²) in [5.41, 5.74) is -0.543. The highest BCUT2D eigenvalue weighted by molar-refractivity contribution is 5.69. The first-order chi connectivity index (χ1) is 11.7. The molecule has 138 valence electrons. The molecule has 2 heterocycles. The molecule has 2 fully saturated rings. The van der Waals surface area contributed by atoms with Crippen LogP contribution in [0.2, 0.25) is 0 Å². The van der Waals surface area contributed by atoms with Crippen molar-refractivity contribution >= 4 is 6.09 Å². The molecule has 0 aliphatic carbocycles. The lowest BCUT2D eigenvalue weighted by molar-refractivity contribution is 0.0174. The fourth-order valence-corrected chi connectivity index (χ4v) is 3.51. The summed E-state index contributed by atoms with van der Waals surface area (Å²) in [4.78, 5) is 14.2. The number of benzene rings is 1. The molecule has 1 aromatic carbocycles. The van der Waals surface area contributed by atoms with Crippen molar-refractivity contribution in [3.05, 3.63) is 29.8 Å². The molecule has 5 nitrogen and oxygen atoms in total. The maximum absolute atomic E-state index is 13.3. The second kappa shape index (κ2) is 6.78. The number of ether oxygens (including phenoxy) is 2. The Balaban J connectivity index is 1.64. The smallest absolute Gasteiger partial charge is 0.410 e. The molecule has 1 N–H and O–H groups in total. The van der Waals surface area contributed by atoms with Crippen molar-refractivity contribution in [2.24, 2.45) is 5.92 Å². The Morgan fingerprint density at radius 1 is 1.32 bits per heavy atom. The van der Waals surface area contributed by atoms with E-state index in [1.165, 1.54) is 6.07 Å². The Bertz CT molecular complexity index is 648. The van der Waals surface area contributed by atoms with Crippen LogP contribution >= 0.6 is 0 Å². The normalized spacial score (nSPS) is 25.8. The molecule has 3 atom stereocenters. The van der Waals surface area contributed by atoms with Crippen LogP contribution in [0.1, 0.15) is 27.2 Å². The number of carbonyl (C=O) groups is 1. The summed E-state index contributed by atoms with van der Waals surface area (Å²) in [5.74, 6) is -1.49. The standard InChI is InChI=1S/C18H24F2N2O3/c1-18(2,3)25-17(23)22-7-6-15-16(22)11(9-21-15)10-24-12-4-5-13(19)14(20)8-12/h4-5,8,11,15-16,21H,6-7,9-10H2,1-3H3/t11-,15-,16-/m1/s1. The highest BCUT2D eigenvalue weighted by Crippen LogP contribution is 2.31.